The van der Waals surface area contributed by atoms with Gasteiger partial charge in [-0.25, -0.2) is 5.43 Å². The van der Waals surface area contributed by atoms with Gasteiger partial charge < -0.3 is 10.1 Å². The predicted octanol–water partition coefficient (Wildman–Crippen LogP) is 4.74. The van der Waals surface area contributed by atoms with Crippen LogP contribution in [0.3, 0.4) is 0 Å². The van der Waals surface area contributed by atoms with Gasteiger partial charge in [0.15, 0.2) is 6.61 Å². The third-order valence-corrected chi connectivity index (χ3v) is 4.76. The molecule has 2 N–H and O–H groups in total. The van der Waals surface area contributed by atoms with Crippen molar-refractivity contribution in [3.63, 3.8) is 0 Å². The topological polar surface area (TPSA) is 79.8 Å². The number of carbonyl (C=O) groups excluding carboxylic acids is 2. The molecule has 0 saturated heterocycles. The summed E-state index contributed by atoms with van der Waals surface area (Å²) in [5.41, 5.74) is 6.42. The van der Waals surface area contributed by atoms with E-state index in [0.29, 0.717) is 27.6 Å². The first-order valence-corrected chi connectivity index (χ1v) is 9.98. The number of anilines is 1. The highest BCUT2D eigenvalue weighted by atomic mass is 35.5. The molecule has 0 unspecified atom stereocenters. The molecule has 0 aromatic heterocycles. The minimum absolute atomic E-state index is 0.189. The lowest BCUT2D eigenvalue weighted by Crippen LogP contribution is -2.20. The molecule has 0 spiro atoms. The van der Waals surface area contributed by atoms with Crippen LogP contribution in [0.25, 0.3) is 0 Å². The molecule has 0 aliphatic rings. The minimum atomic E-state index is -0.339. The number of benzene rings is 3. The average molecular weight is 436 g/mol. The maximum atomic E-state index is 12.3. The number of amides is 2. The smallest absolute Gasteiger partial charge is 0.271 e. The van der Waals surface area contributed by atoms with Crippen LogP contribution < -0.4 is 15.5 Å². The molecular weight excluding hydrogens is 414 g/mol. The Kier molecular flexibility index (Phi) is 7.40. The number of hydrogen-bond donors (Lipinski definition) is 2. The monoisotopic (exact) mass is 435 g/mol. The van der Waals surface area contributed by atoms with Crippen LogP contribution in [-0.2, 0) is 4.79 Å². The normalized spacial score (nSPS) is 10.7. The van der Waals surface area contributed by atoms with Crippen LogP contribution in [0.5, 0.6) is 5.75 Å². The fourth-order valence-electron chi connectivity index (χ4n) is 2.73. The highest BCUT2D eigenvalue weighted by Crippen LogP contribution is 2.21. The number of nitrogens with zero attached hydrogens (tertiary/aromatic N) is 1. The molecule has 0 bridgehead atoms. The molecule has 0 saturated carbocycles. The van der Waals surface area contributed by atoms with Crippen molar-refractivity contribution >= 4 is 35.3 Å². The molecule has 0 fully saturated rings. The Hall–Kier alpha value is -3.64. The molecule has 0 aliphatic carbocycles. The van der Waals surface area contributed by atoms with Gasteiger partial charge >= 0.3 is 0 Å². The van der Waals surface area contributed by atoms with Crippen molar-refractivity contribution in [3.05, 3.63) is 94.0 Å². The zero-order valence-corrected chi connectivity index (χ0v) is 17.9. The molecule has 3 rings (SSSR count). The van der Waals surface area contributed by atoms with Crippen molar-refractivity contribution < 1.29 is 14.3 Å². The molecule has 0 aliphatic heterocycles. The number of rotatable bonds is 7. The Bertz CT molecular complexity index is 1110. The summed E-state index contributed by atoms with van der Waals surface area (Å²) in [7, 11) is 0. The molecular formula is C24H22ClN3O3. The Morgan fingerprint density at radius 2 is 1.77 bits per heavy atom. The zero-order valence-electron chi connectivity index (χ0n) is 17.2. The predicted molar refractivity (Wildman–Crippen MR) is 123 cm³/mol. The molecule has 0 radical (unpaired) electrons. The van der Waals surface area contributed by atoms with E-state index in [2.05, 4.69) is 15.8 Å². The van der Waals surface area contributed by atoms with Gasteiger partial charge in [0.2, 0.25) is 0 Å². The zero-order chi connectivity index (χ0) is 22.2. The van der Waals surface area contributed by atoms with Crippen LogP contribution in [-0.4, -0.2) is 24.6 Å². The van der Waals surface area contributed by atoms with Crippen molar-refractivity contribution in [1.29, 1.82) is 0 Å². The quantitative estimate of drug-likeness (QED) is 0.415. The second kappa shape index (κ2) is 10.4. The fraction of sp³-hybridized carbons (Fsp3) is 0.125. The van der Waals surface area contributed by atoms with Crippen molar-refractivity contribution in [3.8, 4) is 5.75 Å². The molecule has 31 heavy (non-hydrogen) atoms. The average Bonchev–Trinajstić information content (AvgIpc) is 2.76. The summed E-state index contributed by atoms with van der Waals surface area (Å²) in [5, 5.41) is 7.25. The summed E-state index contributed by atoms with van der Waals surface area (Å²) in [5.74, 6) is -0.218. The van der Waals surface area contributed by atoms with Gasteiger partial charge in [0.25, 0.3) is 11.8 Å². The van der Waals surface area contributed by atoms with Crippen LogP contribution >= 0.6 is 11.6 Å². The maximum absolute atomic E-state index is 12.3. The summed E-state index contributed by atoms with van der Waals surface area (Å²) >= 11 is 6.07. The number of hydrogen-bond acceptors (Lipinski definition) is 4. The van der Waals surface area contributed by atoms with Crippen LogP contribution in [0, 0.1) is 13.8 Å². The lowest BCUT2D eigenvalue weighted by atomic mass is 10.1. The van der Waals surface area contributed by atoms with Crippen molar-refractivity contribution in [2.75, 3.05) is 11.9 Å². The fourth-order valence-corrected chi connectivity index (χ4v) is 2.91. The van der Waals surface area contributed by atoms with E-state index in [1.54, 1.807) is 42.5 Å². The maximum Gasteiger partial charge on any atom is 0.271 e. The number of aryl methyl sites for hydroxylation is 2. The summed E-state index contributed by atoms with van der Waals surface area (Å²) in [6.07, 6.45) is 1.42. The lowest BCUT2D eigenvalue weighted by Gasteiger charge is -2.11. The molecule has 0 atom stereocenters. The molecule has 3 aromatic carbocycles. The van der Waals surface area contributed by atoms with E-state index < -0.39 is 0 Å². The molecule has 158 valence electrons. The van der Waals surface area contributed by atoms with Gasteiger partial charge in [0, 0.05) is 21.8 Å². The highest BCUT2D eigenvalue weighted by molar-refractivity contribution is 6.30. The molecule has 2 amide bonds. The van der Waals surface area contributed by atoms with E-state index in [1.165, 1.54) is 6.21 Å². The van der Waals surface area contributed by atoms with Crippen molar-refractivity contribution in [2.24, 2.45) is 5.10 Å². The van der Waals surface area contributed by atoms with Crippen LogP contribution in [0.15, 0.2) is 71.8 Å². The summed E-state index contributed by atoms with van der Waals surface area (Å²) in [4.78, 5) is 24.4. The largest absolute Gasteiger partial charge is 0.483 e. The van der Waals surface area contributed by atoms with Gasteiger partial charge in [0.05, 0.1) is 6.21 Å². The van der Waals surface area contributed by atoms with Crippen molar-refractivity contribution in [2.45, 2.75) is 13.8 Å². The van der Waals surface area contributed by atoms with Gasteiger partial charge in [-0.15, -0.1) is 0 Å². The van der Waals surface area contributed by atoms with Crippen LogP contribution in [0.1, 0.15) is 27.0 Å². The first-order chi connectivity index (χ1) is 14.9. The van der Waals surface area contributed by atoms with E-state index in [9.17, 15) is 9.59 Å². The standard InChI is InChI=1S/C24H22ClN3O3/c1-16-8-10-21(12-17(16)2)27-23(29)15-31-22-11-9-20(25)13-19(22)14-26-28-24(30)18-6-4-3-5-7-18/h3-14H,15H2,1-2H3,(H,27,29)(H,28,30)/b26-14+. The number of nitrogens with one attached hydrogen (secondary N) is 2. The van der Waals surface area contributed by atoms with Gasteiger partial charge in [-0.3, -0.25) is 9.59 Å². The molecule has 0 heterocycles. The van der Waals surface area contributed by atoms with E-state index in [-0.39, 0.29) is 18.4 Å². The minimum Gasteiger partial charge on any atom is -0.483 e. The number of carbonyl (C=O) groups is 2. The molecule has 6 nitrogen and oxygen atoms in total. The van der Waals surface area contributed by atoms with E-state index in [0.717, 1.165) is 11.1 Å². The first kappa shape index (κ1) is 22.1. The summed E-state index contributed by atoms with van der Waals surface area (Å²) in [6, 6.07) is 19.4. The number of hydrazone groups is 1. The SMILES string of the molecule is Cc1ccc(NC(=O)COc2ccc(Cl)cc2/C=N/NC(=O)c2ccccc2)cc1C. The van der Waals surface area contributed by atoms with Gasteiger partial charge in [-0.1, -0.05) is 35.9 Å². The lowest BCUT2D eigenvalue weighted by molar-refractivity contribution is -0.118. The van der Waals surface area contributed by atoms with Crippen LogP contribution in [0.4, 0.5) is 5.69 Å². The Balaban J connectivity index is 1.62. The van der Waals surface area contributed by atoms with Gasteiger partial charge in [-0.05, 0) is 67.4 Å². The third kappa shape index (κ3) is 6.42. The first-order valence-electron chi connectivity index (χ1n) is 9.60. The van der Waals surface area contributed by atoms with E-state index >= 15 is 0 Å². The number of halogens is 1. The Labute approximate surface area is 185 Å². The van der Waals surface area contributed by atoms with E-state index in [1.807, 2.05) is 38.1 Å². The second-order valence-corrected chi connectivity index (χ2v) is 7.32. The van der Waals surface area contributed by atoms with Gasteiger partial charge in [0.1, 0.15) is 5.75 Å². The molecule has 7 heteroatoms. The Morgan fingerprint density at radius 1 is 1.00 bits per heavy atom. The van der Waals surface area contributed by atoms with Crippen molar-refractivity contribution in [1.82, 2.24) is 5.43 Å². The number of ether oxygens (including phenoxy) is 1. The second-order valence-electron chi connectivity index (χ2n) is 6.88. The molecule has 3 aromatic rings. The van der Waals surface area contributed by atoms with Gasteiger partial charge in [-0.2, -0.15) is 5.10 Å². The highest BCUT2D eigenvalue weighted by Gasteiger charge is 2.09. The summed E-state index contributed by atoms with van der Waals surface area (Å²) < 4.78 is 5.65. The Morgan fingerprint density at radius 3 is 2.52 bits per heavy atom. The summed E-state index contributed by atoms with van der Waals surface area (Å²) in [6.45, 7) is 3.80. The van der Waals surface area contributed by atoms with E-state index in [4.69, 9.17) is 16.3 Å². The van der Waals surface area contributed by atoms with Crippen LogP contribution in [0.2, 0.25) is 5.02 Å². The third-order valence-electron chi connectivity index (χ3n) is 4.53.